The van der Waals surface area contributed by atoms with Crippen molar-refractivity contribution >= 4 is 16.0 Å². The Balaban J connectivity index is 2.87. The summed E-state index contributed by atoms with van der Waals surface area (Å²) in [6.45, 7) is 3.25. The van der Waals surface area contributed by atoms with Crippen LogP contribution in [0.1, 0.15) is 39.5 Å². The fraction of sp³-hybridized carbons (Fsp3) is 0.909. The number of hydrogen-bond acceptors (Lipinski definition) is 3. The van der Waals surface area contributed by atoms with Gasteiger partial charge in [-0.25, -0.2) is 12.7 Å². The molecule has 0 aliphatic heterocycles. The molecular formula is C11H21NO4S. The summed E-state index contributed by atoms with van der Waals surface area (Å²) < 4.78 is 25.4. The van der Waals surface area contributed by atoms with E-state index in [1.54, 1.807) is 0 Å². The minimum absolute atomic E-state index is 0.0597. The first-order valence-corrected chi connectivity index (χ1v) is 7.48. The van der Waals surface area contributed by atoms with Crippen molar-refractivity contribution in [3.63, 3.8) is 0 Å². The molecule has 0 radical (unpaired) electrons. The van der Waals surface area contributed by atoms with E-state index in [1.165, 1.54) is 18.3 Å². The van der Waals surface area contributed by atoms with Gasteiger partial charge in [-0.3, -0.25) is 4.79 Å². The summed E-state index contributed by atoms with van der Waals surface area (Å²) >= 11 is 0. The molecule has 1 saturated carbocycles. The lowest BCUT2D eigenvalue weighted by Crippen LogP contribution is -2.47. The van der Waals surface area contributed by atoms with Crippen LogP contribution in [0.15, 0.2) is 0 Å². The minimum atomic E-state index is -3.74. The Morgan fingerprint density at radius 1 is 1.35 bits per heavy atom. The number of carboxylic acid groups (broad SMARTS) is 1. The third-order valence-corrected chi connectivity index (χ3v) is 5.90. The van der Waals surface area contributed by atoms with E-state index < -0.39 is 21.2 Å². The van der Waals surface area contributed by atoms with E-state index in [-0.39, 0.29) is 6.04 Å². The van der Waals surface area contributed by atoms with Gasteiger partial charge in [0, 0.05) is 13.1 Å². The van der Waals surface area contributed by atoms with Crippen LogP contribution in [0.5, 0.6) is 0 Å². The molecule has 17 heavy (non-hydrogen) atoms. The summed E-state index contributed by atoms with van der Waals surface area (Å²) in [7, 11) is -2.24. The minimum Gasteiger partial charge on any atom is -0.480 e. The van der Waals surface area contributed by atoms with Crippen LogP contribution in [-0.4, -0.2) is 42.1 Å². The van der Waals surface area contributed by atoms with E-state index in [4.69, 9.17) is 5.11 Å². The molecule has 0 saturated heterocycles. The molecule has 0 bridgehead atoms. The standard InChI is InChI=1S/C11H21NO4S/c1-8-6-4-5-7-10(8)12(3)17(15,16)9(2)11(13)14/h8-10H,4-7H2,1-3H3,(H,13,14). The van der Waals surface area contributed by atoms with Crippen molar-refractivity contribution in [2.24, 2.45) is 5.92 Å². The summed E-state index contributed by atoms with van der Waals surface area (Å²) in [4.78, 5) is 10.8. The van der Waals surface area contributed by atoms with Crippen molar-refractivity contribution in [3.8, 4) is 0 Å². The molecule has 1 aliphatic rings. The Kier molecular flexibility index (Phi) is 4.55. The molecule has 100 valence electrons. The van der Waals surface area contributed by atoms with Gasteiger partial charge in [-0.15, -0.1) is 0 Å². The summed E-state index contributed by atoms with van der Waals surface area (Å²) in [5.41, 5.74) is 0. The van der Waals surface area contributed by atoms with Crippen LogP contribution in [0.2, 0.25) is 0 Å². The molecule has 3 unspecified atom stereocenters. The molecule has 1 N–H and O–H groups in total. The van der Waals surface area contributed by atoms with Gasteiger partial charge in [-0.2, -0.15) is 0 Å². The molecular weight excluding hydrogens is 242 g/mol. The summed E-state index contributed by atoms with van der Waals surface area (Å²) in [6, 6.07) is -0.0597. The van der Waals surface area contributed by atoms with Crippen LogP contribution in [-0.2, 0) is 14.8 Å². The van der Waals surface area contributed by atoms with Gasteiger partial charge in [-0.1, -0.05) is 19.8 Å². The van der Waals surface area contributed by atoms with Gasteiger partial charge in [0.25, 0.3) is 0 Å². The van der Waals surface area contributed by atoms with Crippen molar-refractivity contribution in [3.05, 3.63) is 0 Å². The lowest BCUT2D eigenvalue weighted by atomic mass is 9.86. The van der Waals surface area contributed by atoms with Crippen LogP contribution in [0.25, 0.3) is 0 Å². The van der Waals surface area contributed by atoms with Crippen LogP contribution < -0.4 is 0 Å². The zero-order chi connectivity index (χ0) is 13.2. The van der Waals surface area contributed by atoms with Crippen molar-refractivity contribution in [2.45, 2.75) is 50.8 Å². The van der Waals surface area contributed by atoms with Crippen LogP contribution in [0.3, 0.4) is 0 Å². The topological polar surface area (TPSA) is 74.7 Å². The normalized spacial score (nSPS) is 28.0. The highest BCUT2D eigenvalue weighted by Crippen LogP contribution is 2.29. The Hall–Kier alpha value is -0.620. The van der Waals surface area contributed by atoms with E-state index in [1.807, 2.05) is 6.92 Å². The molecule has 0 amide bonds. The highest BCUT2D eigenvalue weighted by Gasteiger charge is 2.37. The lowest BCUT2D eigenvalue weighted by Gasteiger charge is -2.36. The molecule has 0 spiro atoms. The second kappa shape index (κ2) is 5.35. The Morgan fingerprint density at radius 2 is 1.88 bits per heavy atom. The average molecular weight is 263 g/mol. The zero-order valence-electron chi connectivity index (χ0n) is 10.6. The second-order valence-corrected chi connectivity index (χ2v) is 7.18. The predicted molar refractivity (Wildman–Crippen MR) is 65.2 cm³/mol. The maximum absolute atomic E-state index is 12.1. The molecule has 0 aromatic heterocycles. The quantitative estimate of drug-likeness (QED) is 0.829. The van der Waals surface area contributed by atoms with Crippen molar-refractivity contribution in [1.29, 1.82) is 0 Å². The number of carbonyl (C=O) groups is 1. The van der Waals surface area contributed by atoms with E-state index in [0.29, 0.717) is 5.92 Å². The first-order valence-electron chi connectivity index (χ1n) is 5.98. The van der Waals surface area contributed by atoms with Gasteiger partial charge in [0.05, 0.1) is 0 Å². The monoisotopic (exact) mass is 263 g/mol. The molecule has 5 nitrogen and oxygen atoms in total. The SMILES string of the molecule is CC1CCCCC1N(C)S(=O)(=O)C(C)C(=O)O. The first kappa shape index (κ1) is 14.4. The predicted octanol–water partition coefficient (Wildman–Crippen LogP) is 1.30. The Labute approximate surface area is 103 Å². The number of hydrogen-bond donors (Lipinski definition) is 1. The van der Waals surface area contributed by atoms with Crippen LogP contribution in [0.4, 0.5) is 0 Å². The molecule has 0 heterocycles. The number of carboxylic acids is 1. The smallest absolute Gasteiger partial charge is 0.323 e. The average Bonchev–Trinajstić information content (AvgIpc) is 2.27. The molecule has 1 fully saturated rings. The van der Waals surface area contributed by atoms with E-state index in [0.717, 1.165) is 25.7 Å². The fourth-order valence-electron chi connectivity index (χ4n) is 2.40. The Bertz CT molecular complexity index is 379. The van der Waals surface area contributed by atoms with E-state index >= 15 is 0 Å². The summed E-state index contributed by atoms with van der Waals surface area (Å²) in [5, 5.41) is 7.45. The highest BCUT2D eigenvalue weighted by atomic mass is 32.2. The molecule has 0 aromatic rings. The maximum Gasteiger partial charge on any atom is 0.323 e. The largest absolute Gasteiger partial charge is 0.480 e. The van der Waals surface area contributed by atoms with E-state index in [2.05, 4.69) is 0 Å². The summed E-state index contributed by atoms with van der Waals surface area (Å²) in [6.07, 6.45) is 3.96. The molecule has 1 aliphatic carbocycles. The van der Waals surface area contributed by atoms with E-state index in [9.17, 15) is 13.2 Å². The highest BCUT2D eigenvalue weighted by molar-refractivity contribution is 7.90. The molecule has 6 heteroatoms. The van der Waals surface area contributed by atoms with Gasteiger partial charge in [0.1, 0.15) is 0 Å². The van der Waals surface area contributed by atoms with Gasteiger partial charge < -0.3 is 5.11 Å². The number of sulfonamides is 1. The van der Waals surface area contributed by atoms with Crippen molar-refractivity contribution < 1.29 is 18.3 Å². The van der Waals surface area contributed by atoms with Gasteiger partial charge >= 0.3 is 5.97 Å². The van der Waals surface area contributed by atoms with Gasteiger partial charge in [-0.05, 0) is 25.7 Å². The molecule has 3 atom stereocenters. The number of nitrogens with zero attached hydrogens (tertiary/aromatic N) is 1. The van der Waals surface area contributed by atoms with Crippen LogP contribution in [0, 0.1) is 5.92 Å². The zero-order valence-corrected chi connectivity index (χ0v) is 11.4. The second-order valence-electron chi connectivity index (χ2n) is 4.87. The Morgan fingerprint density at radius 3 is 2.35 bits per heavy atom. The third-order valence-electron chi connectivity index (χ3n) is 3.73. The number of rotatable bonds is 4. The molecule has 1 rings (SSSR count). The van der Waals surface area contributed by atoms with Gasteiger partial charge in [0.2, 0.25) is 10.0 Å². The third kappa shape index (κ3) is 2.98. The summed E-state index contributed by atoms with van der Waals surface area (Å²) in [5.74, 6) is -0.996. The fourth-order valence-corrected chi connectivity index (χ4v) is 3.85. The van der Waals surface area contributed by atoms with Crippen molar-refractivity contribution in [1.82, 2.24) is 4.31 Å². The lowest BCUT2D eigenvalue weighted by molar-refractivity contribution is -0.136. The maximum atomic E-state index is 12.1. The van der Waals surface area contributed by atoms with Gasteiger partial charge in [0.15, 0.2) is 5.25 Å². The van der Waals surface area contributed by atoms with Crippen molar-refractivity contribution in [2.75, 3.05) is 7.05 Å². The molecule has 0 aromatic carbocycles. The number of aliphatic carboxylic acids is 1. The van der Waals surface area contributed by atoms with Crippen LogP contribution >= 0.6 is 0 Å². The first-order chi connectivity index (χ1) is 7.78.